The van der Waals surface area contributed by atoms with E-state index in [4.69, 9.17) is 0 Å². The maximum atomic E-state index is 12.1. The molecule has 0 spiro atoms. The van der Waals surface area contributed by atoms with Gasteiger partial charge in [0.1, 0.15) is 5.69 Å². The number of carbonyl (C=O) groups is 2. The van der Waals surface area contributed by atoms with Crippen molar-refractivity contribution in [1.29, 1.82) is 0 Å². The molecule has 1 amide bonds. The molecule has 0 atom stereocenters. The van der Waals surface area contributed by atoms with E-state index >= 15 is 0 Å². The summed E-state index contributed by atoms with van der Waals surface area (Å²) in [6.07, 6.45) is 0. The molecule has 0 radical (unpaired) electrons. The average molecular weight is 287 g/mol. The summed E-state index contributed by atoms with van der Waals surface area (Å²) in [6.45, 7) is 0. The van der Waals surface area contributed by atoms with Crippen LogP contribution >= 0.6 is 0 Å². The van der Waals surface area contributed by atoms with Gasteiger partial charge < -0.3 is 10.1 Å². The average Bonchev–Trinajstić information content (AvgIpc) is 2.49. The quantitative estimate of drug-likeness (QED) is 0.844. The fourth-order valence-electron chi connectivity index (χ4n) is 1.69. The molecule has 0 aliphatic carbocycles. The van der Waals surface area contributed by atoms with Gasteiger partial charge in [0.2, 0.25) is 0 Å². The summed E-state index contributed by atoms with van der Waals surface area (Å²) in [5, 5.41) is 6.41. The Morgan fingerprint density at radius 1 is 1.19 bits per heavy atom. The standard InChI is InChI=1S/C14H13N3O4/c1-17-12(18)8-7-11(16-17)13(19)15-10-6-4-3-5-9(10)14(20)21-2/h3-8H,1-2H3,(H,15,19). The van der Waals surface area contributed by atoms with Crippen molar-refractivity contribution in [1.82, 2.24) is 9.78 Å². The van der Waals surface area contributed by atoms with E-state index in [1.807, 2.05) is 0 Å². The lowest BCUT2D eigenvalue weighted by Gasteiger charge is -2.09. The molecular weight excluding hydrogens is 274 g/mol. The first-order valence-corrected chi connectivity index (χ1v) is 6.06. The van der Waals surface area contributed by atoms with Crippen molar-refractivity contribution < 1.29 is 14.3 Å². The molecule has 0 saturated carbocycles. The zero-order valence-electron chi connectivity index (χ0n) is 11.5. The third-order valence-corrected chi connectivity index (χ3v) is 2.77. The number of esters is 1. The molecule has 2 rings (SSSR count). The molecule has 0 aliphatic rings. The van der Waals surface area contributed by atoms with E-state index in [1.165, 1.54) is 32.4 Å². The van der Waals surface area contributed by atoms with Crippen LogP contribution in [-0.4, -0.2) is 28.8 Å². The van der Waals surface area contributed by atoms with Crippen molar-refractivity contribution in [3.8, 4) is 0 Å². The molecule has 0 saturated heterocycles. The van der Waals surface area contributed by atoms with Crippen molar-refractivity contribution in [2.45, 2.75) is 0 Å². The van der Waals surface area contributed by atoms with Crippen LogP contribution in [0.15, 0.2) is 41.2 Å². The monoisotopic (exact) mass is 287 g/mol. The summed E-state index contributed by atoms with van der Waals surface area (Å²) >= 11 is 0. The number of aromatic nitrogens is 2. The summed E-state index contributed by atoms with van der Waals surface area (Å²) in [6, 6.07) is 9.01. The van der Waals surface area contributed by atoms with Gasteiger partial charge in [-0.25, -0.2) is 9.48 Å². The van der Waals surface area contributed by atoms with Crippen LogP contribution in [0.25, 0.3) is 0 Å². The molecule has 7 nitrogen and oxygen atoms in total. The molecule has 0 unspecified atom stereocenters. The van der Waals surface area contributed by atoms with Crippen LogP contribution in [0.4, 0.5) is 5.69 Å². The molecule has 108 valence electrons. The predicted molar refractivity (Wildman–Crippen MR) is 75.2 cm³/mol. The number of benzene rings is 1. The predicted octanol–water partition coefficient (Wildman–Crippen LogP) is 0.819. The van der Waals surface area contributed by atoms with Gasteiger partial charge in [0.25, 0.3) is 11.5 Å². The van der Waals surface area contributed by atoms with Gasteiger partial charge in [0, 0.05) is 13.1 Å². The Labute approximate surface area is 120 Å². The van der Waals surface area contributed by atoms with E-state index in [9.17, 15) is 14.4 Å². The second kappa shape index (κ2) is 6.00. The Kier molecular flexibility index (Phi) is 4.13. The number of hydrogen-bond donors (Lipinski definition) is 1. The largest absolute Gasteiger partial charge is 0.465 e. The number of anilines is 1. The highest BCUT2D eigenvalue weighted by Gasteiger charge is 2.15. The lowest BCUT2D eigenvalue weighted by atomic mass is 10.1. The van der Waals surface area contributed by atoms with E-state index in [2.05, 4.69) is 15.2 Å². The molecule has 2 aromatic rings. The van der Waals surface area contributed by atoms with E-state index in [0.29, 0.717) is 5.69 Å². The number of rotatable bonds is 3. The van der Waals surface area contributed by atoms with Crippen molar-refractivity contribution in [2.75, 3.05) is 12.4 Å². The summed E-state index contributed by atoms with van der Waals surface area (Å²) in [5.41, 5.74) is 0.293. The third-order valence-electron chi connectivity index (χ3n) is 2.77. The Bertz CT molecular complexity index is 752. The SMILES string of the molecule is COC(=O)c1ccccc1NC(=O)c1ccc(=O)n(C)n1. The number of para-hydroxylation sites is 1. The van der Waals surface area contributed by atoms with Crippen LogP contribution in [0.2, 0.25) is 0 Å². The number of hydrogen-bond acceptors (Lipinski definition) is 5. The number of carbonyl (C=O) groups excluding carboxylic acids is 2. The van der Waals surface area contributed by atoms with Gasteiger partial charge in [-0.05, 0) is 18.2 Å². The number of nitrogens with one attached hydrogen (secondary N) is 1. The smallest absolute Gasteiger partial charge is 0.339 e. The van der Waals surface area contributed by atoms with Gasteiger partial charge >= 0.3 is 5.97 Å². The highest BCUT2D eigenvalue weighted by Crippen LogP contribution is 2.16. The van der Waals surface area contributed by atoms with E-state index < -0.39 is 11.9 Å². The number of amides is 1. The molecule has 1 N–H and O–H groups in total. The fourth-order valence-corrected chi connectivity index (χ4v) is 1.69. The van der Waals surface area contributed by atoms with Crippen LogP contribution in [-0.2, 0) is 11.8 Å². The van der Waals surface area contributed by atoms with Crippen LogP contribution in [0, 0.1) is 0 Å². The molecule has 0 fully saturated rings. The minimum atomic E-state index is -0.556. The summed E-state index contributed by atoms with van der Waals surface area (Å²) in [5.74, 6) is -1.08. The summed E-state index contributed by atoms with van der Waals surface area (Å²) in [7, 11) is 2.71. The lowest BCUT2D eigenvalue weighted by molar-refractivity contribution is 0.0602. The fraction of sp³-hybridized carbons (Fsp3) is 0.143. The number of nitrogens with zero attached hydrogens (tertiary/aromatic N) is 2. The van der Waals surface area contributed by atoms with Crippen LogP contribution in [0.1, 0.15) is 20.8 Å². The molecule has 7 heteroatoms. The molecule has 21 heavy (non-hydrogen) atoms. The van der Waals surface area contributed by atoms with Gasteiger partial charge in [-0.2, -0.15) is 5.10 Å². The number of ether oxygens (including phenoxy) is 1. The topological polar surface area (TPSA) is 90.3 Å². The molecular formula is C14H13N3O4. The second-order valence-electron chi connectivity index (χ2n) is 4.17. The normalized spacial score (nSPS) is 10.0. The van der Waals surface area contributed by atoms with E-state index in [1.54, 1.807) is 18.2 Å². The molecule has 0 bridgehead atoms. The minimum absolute atomic E-state index is 0.0665. The highest BCUT2D eigenvalue weighted by molar-refractivity contribution is 6.06. The summed E-state index contributed by atoms with van der Waals surface area (Å²) in [4.78, 5) is 35.0. The Balaban J connectivity index is 2.29. The van der Waals surface area contributed by atoms with Crippen molar-refractivity contribution in [3.63, 3.8) is 0 Å². The molecule has 1 aromatic heterocycles. The zero-order valence-corrected chi connectivity index (χ0v) is 11.5. The first kappa shape index (κ1) is 14.4. The summed E-state index contributed by atoms with van der Waals surface area (Å²) < 4.78 is 5.70. The van der Waals surface area contributed by atoms with E-state index in [-0.39, 0.29) is 16.8 Å². The third kappa shape index (κ3) is 3.14. The van der Waals surface area contributed by atoms with Gasteiger partial charge in [0.15, 0.2) is 0 Å². The number of methoxy groups -OCH3 is 1. The van der Waals surface area contributed by atoms with Crippen molar-refractivity contribution in [2.24, 2.45) is 7.05 Å². The molecule has 1 heterocycles. The first-order valence-electron chi connectivity index (χ1n) is 6.06. The van der Waals surface area contributed by atoms with Crippen molar-refractivity contribution in [3.05, 3.63) is 58.0 Å². The van der Waals surface area contributed by atoms with Crippen LogP contribution in [0.5, 0.6) is 0 Å². The maximum absolute atomic E-state index is 12.1. The van der Waals surface area contributed by atoms with Crippen LogP contribution in [0.3, 0.4) is 0 Å². The Morgan fingerprint density at radius 2 is 1.90 bits per heavy atom. The maximum Gasteiger partial charge on any atom is 0.339 e. The zero-order chi connectivity index (χ0) is 15.4. The second-order valence-corrected chi connectivity index (χ2v) is 4.17. The van der Waals surface area contributed by atoms with Crippen molar-refractivity contribution >= 4 is 17.6 Å². The highest BCUT2D eigenvalue weighted by atomic mass is 16.5. The minimum Gasteiger partial charge on any atom is -0.465 e. The van der Waals surface area contributed by atoms with Gasteiger partial charge in [-0.1, -0.05) is 12.1 Å². The lowest BCUT2D eigenvalue weighted by Crippen LogP contribution is -2.24. The molecule has 0 aliphatic heterocycles. The van der Waals surface area contributed by atoms with Gasteiger partial charge in [-0.15, -0.1) is 0 Å². The van der Waals surface area contributed by atoms with Crippen LogP contribution < -0.4 is 10.9 Å². The number of aryl methyl sites for hydroxylation is 1. The van der Waals surface area contributed by atoms with Gasteiger partial charge in [0.05, 0.1) is 18.4 Å². The first-order chi connectivity index (χ1) is 10.0. The Morgan fingerprint density at radius 3 is 2.57 bits per heavy atom. The Hall–Kier alpha value is -2.96. The van der Waals surface area contributed by atoms with Gasteiger partial charge in [-0.3, -0.25) is 9.59 Å². The van der Waals surface area contributed by atoms with E-state index in [0.717, 1.165) is 4.68 Å². The molecule has 1 aromatic carbocycles.